The van der Waals surface area contributed by atoms with E-state index in [9.17, 15) is 4.79 Å². The molecule has 0 spiro atoms. The lowest BCUT2D eigenvalue weighted by Crippen LogP contribution is -2.28. The van der Waals surface area contributed by atoms with Gasteiger partial charge in [0.15, 0.2) is 17.2 Å². The summed E-state index contributed by atoms with van der Waals surface area (Å²) in [5, 5.41) is 7.80. The Morgan fingerprint density at radius 3 is 2.28 bits per heavy atom. The largest absolute Gasteiger partial charge is 0.493 e. The van der Waals surface area contributed by atoms with Crippen LogP contribution in [0.5, 0.6) is 17.2 Å². The molecule has 1 aliphatic rings. The molecular formula is C25H29N3O4. The first-order valence-corrected chi connectivity index (χ1v) is 10.7. The zero-order valence-electron chi connectivity index (χ0n) is 19.2. The lowest BCUT2D eigenvalue weighted by molar-refractivity contribution is 0.0933. The third-order valence-electron chi connectivity index (χ3n) is 5.96. The minimum atomic E-state index is -0.280. The third-order valence-corrected chi connectivity index (χ3v) is 5.96. The van der Waals surface area contributed by atoms with Crippen LogP contribution >= 0.6 is 0 Å². The highest BCUT2D eigenvalue weighted by atomic mass is 16.5. The number of nitrogens with zero attached hydrogens (tertiary/aromatic N) is 2. The van der Waals surface area contributed by atoms with Crippen LogP contribution < -0.4 is 19.5 Å². The highest BCUT2D eigenvalue weighted by Gasteiger charge is 2.28. The quantitative estimate of drug-likeness (QED) is 0.602. The van der Waals surface area contributed by atoms with Gasteiger partial charge in [0.25, 0.3) is 5.91 Å². The molecule has 32 heavy (non-hydrogen) atoms. The van der Waals surface area contributed by atoms with Gasteiger partial charge in [-0.1, -0.05) is 17.7 Å². The van der Waals surface area contributed by atoms with Crippen molar-refractivity contribution in [2.45, 2.75) is 39.2 Å². The van der Waals surface area contributed by atoms with Crippen LogP contribution in [0.25, 0.3) is 5.69 Å². The van der Waals surface area contributed by atoms with Crippen molar-refractivity contribution < 1.29 is 19.0 Å². The first-order valence-electron chi connectivity index (χ1n) is 10.7. The van der Waals surface area contributed by atoms with Crippen LogP contribution in [-0.2, 0) is 12.8 Å². The second-order valence-electron chi connectivity index (χ2n) is 8.03. The van der Waals surface area contributed by atoms with Crippen molar-refractivity contribution in [1.29, 1.82) is 0 Å². The molecule has 0 fully saturated rings. The second-order valence-corrected chi connectivity index (χ2v) is 8.03. The second kappa shape index (κ2) is 8.94. The van der Waals surface area contributed by atoms with E-state index < -0.39 is 0 Å². The molecule has 4 rings (SSSR count). The molecule has 1 unspecified atom stereocenters. The highest BCUT2D eigenvalue weighted by molar-refractivity contribution is 5.94. The molecule has 0 saturated heterocycles. The number of benzene rings is 2. The van der Waals surface area contributed by atoms with Crippen LogP contribution in [0.4, 0.5) is 0 Å². The maximum Gasteiger partial charge on any atom is 0.272 e. The molecule has 1 heterocycles. The van der Waals surface area contributed by atoms with Crippen LogP contribution in [-0.4, -0.2) is 37.0 Å². The first-order chi connectivity index (χ1) is 15.5. The monoisotopic (exact) mass is 435 g/mol. The number of hydrogen-bond donors (Lipinski definition) is 1. The third kappa shape index (κ3) is 3.90. The number of fused-ring (bicyclic) bond motifs is 1. The average molecular weight is 436 g/mol. The molecule has 0 saturated carbocycles. The predicted molar refractivity (Wildman–Crippen MR) is 122 cm³/mol. The molecule has 1 amide bonds. The molecular weight excluding hydrogens is 406 g/mol. The van der Waals surface area contributed by atoms with E-state index in [1.54, 1.807) is 21.3 Å². The number of nitrogens with one attached hydrogen (secondary N) is 1. The van der Waals surface area contributed by atoms with Crippen LogP contribution in [0, 0.1) is 6.92 Å². The summed E-state index contributed by atoms with van der Waals surface area (Å²) in [5.41, 5.74) is 5.68. The number of rotatable bonds is 7. The lowest BCUT2D eigenvalue weighted by atomic mass is 10.1. The number of carbonyl (C=O) groups is 1. The van der Waals surface area contributed by atoms with Gasteiger partial charge in [0, 0.05) is 11.3 Å². The van der Waals surface area contributed by atoms with Gasteiger partial charge in [0.2, 0.25) is 5.75 Å². The number of amides is 1. The Morgan fingerprint density at radius 1 is 1.03 bits per heavy atom. The Labute approximate surface area is 188 Å². The van der Waals surface area contributed by atoms with Crippen LogP contribution in [0.3, 0.4) is 0 Å². The number of ether oxygens (including phenoxy) is 3. The Morgan fingerprint density at radius 2 is 1.69 bits per heavy atom. The topological polar surface area (TPSA) is 74.6 Å². The summed E-state index contributed by atoms with van der Waals surface area (Å²) in [7, 11) is 4.72. The molecule has 1 aliphatic carbocycles. The van der Waals surface area contributed by atoms with Crippen LogP contribution in [0.15, 0.2) is 36.4 Å². The number of hydrogen-bond acceptors (Lipinski definition) is 5. The summed E-state index contributed by atoms with van der Waals surface area (Å²) >= 11 is 0. The van der Waals surface area contributed by atoms with E-state index in [-0.39, 0.29) is 11.9 Å². The lowest BCUT2D eigenvalue weighted by Gasteiger charge is -2.18. The summed E-state index contributed by atoms with van der Waals surface area (Å²) in [6.07, 6.45) is 2.82. The van der Waals surface area contributed by atoms with Gasteiger partial charge in [0.1, 0.15) is 0 Å². The maximum absolute atomic E-state index is 13.2. The van der Waals surface area contributed by atoms with Crippen molar-refractivity contribution in [2.75, 3.05) is 21.3 Å². The molecule has 1 N–H and O–H groups in total. The van der Waals surface area contributed by atoms with Crippen LogP contribution in [0.1, 0.15) is 52.3 Å². The first kappa shape index (κ1) is 21.7. The predicted octanol–water partition coefficient (Wildman–Crippen LogP) is 4.19. The summed E-state index contributed by atoms with van der Waals surface area (Å²) in [6.45, 7) is 3.98. The molecule has 7 heteroatoms. The van der Waals surface area contributed by atoms with E-state index in [0.717, 1.165) is 41.8 Å². The van der Waals surface area contributed by atoms with Gasteiger partial charge in [-0.2, -0.15) is 5.10 Å². The number of aryl methyl sites for hydroxylation is 1. The molecule has 0 radical (unpaired) electrons. The summed E-state index contributed by atoms with van der Waals surface area (Å²) < 4.78 is 18.2. The molecule has 2 aromatic carbocycles. The molecule has 0 bridgehead atoms. The number of methoxy groups -OCH3 is 3. The van der Waals surface area contributed by atoms with Gasteiger partial charge < -0.3 is 19.5 Å². The molecule has 1 atom stereocenters. The summed E-state index contributed by atoms with van der Waals surface area (Å²) in [5.74, 6) is 1.43. The van der Waals surface area contributed by atoms with Crippen molar-refractivity contribution in [2.24, 2.45) is 0 Å². The highest BCUT2D eigenvalue weighted by Crippen LogP contribution is 2.39. The fraction of sp³-hybridized carbons (Fsp3) is 0.360. The van der Waals surface area contributed by atoms with E-state index in [1.165, 1.54) is 5.56 Å². The maximum atomic E-state index is 13.2. The Balaban J connectivity index is 1.62. The van der Waals surface area contributed by atoms with E-state index in [1.807, 2.05) is 35.9 Å². The van der Waals surface area contributed by atoms with E-state index in [2.05, 4.69) is 24.4 Å². The fourth-order valence-electron chi connectivity index (χ4n) is 4.22. The standard InChI is InChI=1S/C25H29N3O4/c1-15-9-11-18(12-10-15)28-20-8-6-7-19(20)23(27-28)25(29)26-16(2)17-13-21(30-3)24(32-5)22(14-17)31-4/h9-14,16H,6-8H2,1-5H3,(H,26,29). The van der Waals surface area contributed by atoms with Crippen molar-refractivity contribution in [1.82, 2.24) is 15.1 Å². The SMILES string of the molecule is COc1cc(C(C)NC(=O)c2nn(-c3ccc(C)cc3)c3c2CCC3)cc(OC)c1OC. The Bertz CT molecular complexity index is 1110. The normalized spacial score (nSPS) is 13.4. The average Bonchev–Trinajstić information content (AvgIpc) is 3.41. The van der Waals surface area contributed by atoms with E-state index in [4.69, 9.17) is 19.3 Å². The van der Waals surface area contributed by atoms with Crippen molar-refractivity contribution in [3.05, 3.63) is 64.5 Å². The van der Waals surface area contributed by atoms with Crippen molar-refractivity contribution in [3.8, 4) is 22.9 Å². The Kier molecular flexibility index (Phi) is 6.08. The molecule has 1 aromatic heterocycles. The Hall–Kier alpha value is -3.48. The van der Waals surface area contributed by atoms with Crippen molar-refractivity contribution >= 4 is 5.91 Å². The van der Waals surface area contributed by atoms with Gasteiger partial charge in [-0.15, -0.1) is 0 Å². The molecule has 0 aliphatic heterocycles. The zero-order valence-corrected chi connectivity index (χ0v) is 19.2. The van der Waals surface area contributed by atoms with Crippen molar-refractivity contribution in [3.63, 3.8) is 0 Å². The van der Waals surface area contributed by atoms with Gasteiger partial charge >= 0.3 is 0 Å². The zero-order chi connectivity index (χ0) is 22.8. The van der Waals surface area contributed by atoms with E-state index >= 15 is 0 Å². The van der Waals surface area contributed by atoms with Crippen LogP contribution in [0.2, 0.25) is 0 Å². The number of carbonyl (C=O) groups excluding carboxylic acids is 1. The van der Waals surface area contributed by atoms with Gasteiger partial charge in [-0.05, 0) is 62.9 Å². The summed E-state index contributed by atoms with van der Waals surface area (Å²) in [6, 6.07) is 11.6. The summed E-state index contributed by atoms with van der Waals surface area (Å²) in [4.78, 5) is 13.2. The smallest absolute Gasteiger partial charge is 0.272 e. The minimum Gasteiger partial charge on any atom is -0.493 e. The molecule has 3 aromatic rings. The van der Waals surface area contributed by atoms with Gasteiger partial charge in [-0.3, -0.25) is 4.79 Å². The number of aromatic nitrogens is 2. The van der Waals surface area contributed by atoms with E-state index in [0.29, 0.717) is 22.9 Å². The molecule has 7 nitrogen and oxygen atoms in total. The van der Waals surface area contributed by atoms with Gasteiger partial charge in [-0.25, -0.2) is 4.68 Å². The fourth-order valence-corrected chi connectivity index (χ4v) is 4.22. The minimum absolute atomic E-state index is 0.185. The molecule has 168 valence electrons. The van der Waals surface area contributed by atoms with Gasteiger partial charge in [0.05, 0.1) is 33.1 Å².